The van der Waals surface area contributed by atoms with Gasteiger partial charge in [-0.25, -0.2) is 4.68 Å². The van der Waals surface area contributed by atoms with Crippen molar-refractivity contribution < 1.29 is 14.3 Å². The molecule has 0 radical (unpaired) electrons. The Hall–Kier alpha value is -2.60. The first-order valence-corrected chi connectivity index (χ1v) is 7.47. The zero-order valence-electron chi connectivity index (χ0n) is 12.1. The standard InChI is InChI=1S/C16H14N2O3S/c1-20-13-6-5-11(10-14(13)21-2)16(19)18-8-7-12(17-18)15-4-3-9-22-15/h3-10H,1-2H3. The van der Waals surface area contributed by atoms with Crippen LogP contribution >= 0.6 is 11.3 Å². The minimum absolute atomic E-state index is 0.219. The minimum Gasteiger partial charge on any atom is -0.493 e. The molecule has 112 valence electrons. The van der Waals surface area contributed by atoms with Gasteiger partial charge in [-0.2, -0.15) is 5.10 Å². The Morgan fingerprint density at radius 3 is 2.64 bits per heavy atom. The number of rotatable bonds is 4. The number of carbonyl (C=O) groups is 1. The molecule has 22 heavy (non-hydrogen) atoms. The fraction of sp³-hybridized carbons (Fsp3) is 0.125. The van der Waals surface area contributed by atoms with Crippen LogP contribution in [0.1, 0.15) is 10.4 Å². The molecule has 0 aliphatic carbocycles. The summed E-state index contributed by atoms with van der Waals surface area (Å²) in [6, 6.07) is 10.8. The molecule has 0 saturated carbocycles. The van der Waals surface area contributed by atoms with Gasteiger partial charge in [-0.3, -0.25) is 4.79 Å². The van der Waals surface area contributed by atoms with Gasteiger partial charge in [0.15, 0.2) is 11.5 Å². The summed E-state index contributed by atoms with van der Waals surface area (Å²) in [6.45, 7) is 0. The summed E-state index contributed by atoms with van der Waals surface area (Å²) in [7, 11) is 3.09. The quantitative estimate of drug-likeness (QED) is 0.741. The molecule has 1 aromatic carbocycles. The fourth-order valence-corrected chi connectivity index (χ4v) is 2.78. The molecule has 2 aromatic heterocycles. The molecule has 0 bridgehead atoms. The van der Waals surface area contributed by atoms with E-state index in [9.17, 15) is 4.79 Å². The van der Waals surface area contributed by atoms with E-state index in [1.165, 1.54) is 11.8 Å². The van der Waals surface area contributed by atoms with Crippen LogP contribution in [0.4, 0.5) is 0 Å². The van der Waals surface area contributed by atoms with Gasteiger partial charge in [0.2, 0.25) is 0 Å². The van der Waals surface area contributed by atoms with Crippen LogP contribution in [0.2, 0.25) is 0 Å². The van der Waals surface area contributed by atoms with E-state index in [-0.39, 0.29) is 5.91 Å². The van der Waals surface area contributed by atoms with Gasteiger partial charge in [-0.1, -0.05) is 6.07 Å². The first kappa shape index (κ1) is 14.3. The van der Waals surface area contributed by atoms with Crippen LogP contribution in [-0.2, 0) is 0 Å². The highest BCUT2D eigenvalue weighted by atomic mass is 32.1. The second kappa shape index (κ2) is 6.03. The molecule has 0 N–H and O–H groups in total. The molecule has 3 aromatic rings. The summed E-state index contributed by atoms with van der Waals surface area (Å²) < 4.78 is 11.7. The highest BCUT2D eigenvalue weighted by Crippen LogP contribution is 2.28. The van der Waals surface area contributed by atoms with Gasteiger partial charge < -0.3 is 9.47 Å². The fourth-order valence-electron chi connectivity index (χ4n) is 2.09. The van der Waals surface area contributed by atoms with Crippen molar-refractivity contribution in [3.8, 4) is 22.1 Å². The number of nitrogens with zero attached hydrogens (tertiary/aromatic N) is 2. The number of benzene rings is 1. The van der Waals surface area contributed by atoms with E-state index >= 15 is 0 Å². The summed E-state index contributed by atoms with van der Waals surface area (Å²) in [4.78, 5) is 13.5. The Kier molecular flexibility index (Phi) is 3.93. The minimum atomic E-state index is -0.219. The number of aromatic nitrogens is 2. The van der Waals surface area contributed by atoms with E-state index in [0.29, 0.717) is 17.1 Å². The van der Waals surface area contributed by atoms with Gasteiger partial charge in [-0.05, 0) is 35.7 Å². The molecule has 0 amide bonds. The monoisotopic (exact) mass is 314 g/mol. The maximum atomic E-state index is 12.5. The normalized spacial score (nSPS) is 10.5. The van der Waals surface area contributed by atoms with Crippen molar-refractivity contribution in [1.29, 1.82) is 0 Å². The van der Waals surface area contributed by atoms with Crippen molar-refractivity contribution in [3.05, 3.63) is 53.5 Å². The van der Waals surface area contributed by atoms with Gasteiger partial charge in [0.05, 0.1) is 19.1 Å². The van der Waals surface area contributed by atoms with Crippen LogP contribution in [0.15, 0.2) is 48.0 Å². The molecule has 0 fully saturated rings. The summed E-state index contributed by atoms with van der Waals surface area (Å²) in [5.74, 6) is 0.876. The molecule has 0 spiro atoms. The summed E-state index contributed by atoms with van der Waals surface area (Å²) in [5, 5.41) is 6.31. The smallest absolute Gasteiger partial charge is 0.278 e. The zero-order chi connectivity index (χ0) is 15.5. The number of hydrogen-bond donors (Lipinski definition) is 0. The Balaban J connectivity index is 1.91. The first-order chi connectivity index (χ1) is 10.7. The van der Waals surface area contributed by atoms with E-state index in [2.05, 4.69) is 5.10 Å². The zero-order valence-corrected chi connectivity index (χ0v) is 13.0. The maximum Gasteiger partial charge on any atom is 0.278 e. The SMILES string of the molecule is COc1ccc(C(=O)n2ccc(-c3cccs3)n2)cc1OC. The third kappa shape index (κ3) is 2.60. The Bertz CT molecular complexity index is 794. The van der Waals surface area contributed by atoms with Crippen molar-refractivity contribution in [2.75, 3.05) is 14.2 Å². The molecule has 5 nitrogen and oxygen atoms in total. The van der Waals surface area contributed by atoms with Crippen LogP contribution < -0.4 is 9.47 Å². The predicted molar refractivity (Wildman–Crippen MR) is 84.8 cm³/mol. The number of ether oxygens (including phenoxy) is 2. The highest BCUT2D eigenvalue weighted by molar-refractivity contribution is 7.13. The van der Waals surface area contributed by atoms with Crippen molar-refractivity contribution in [3.63, 3.8) is 0 Å². The molecule has 0 atom stereocenters. The number of hydrogen-bond acceptors (Lipinski definition) is 5. The molecule has 3 rings (SSSR count). The van der Waals surface area contributed by atoms with Crippen LogP contribution in [0.3, 0.4) is 0 Å². The average molecular weight is 314 g/mol. The average Bonchev–Trinajstić information content (AvgIpc) is 3.24. The third-order valence-corrected chi connectivity index (χ3v) is 4.09. The van der Waals surface area contributed by atoms with Gasteiger partial charge in [0, 0.05) is 11.8 Å². The molecule has 0 unspecified atom stereocenters. The molecule has 0 aliphatic rings. The van der Waals surface area contributed by atoms with Crippen molar-refractivity contribution in [2.45, 2.75) is 0 Å². The summed E-state index contributed by atoms with van der Waals surface area (Å²) in [5.41, 5.74) is 1.27. The summed E-state index contributed by atoms with van der Waals surface area (Å²) >= 11 is 1.58. The van der Waals surface area contributed by atoms with E-state index < -0.39 is 0 Å². The number of carbonyl (C=O) groups excluding carboxylic acids is 1. The number of methoxy groups -OCH3 is 2. The third-order valence-electron chi connectivity index (χ3n) is 3.20. The van der Waals surface area contributed by atoms with E-state index in [1.807, 2.05) is 23.6 Å². The van der Waals surface area contributed by atoms with E-state index in [4.69, 9.17) is 9.47 Å². The summed E-state index contributed by atoms with van der Waals surface area (Å²) in [6.07, 6.45) is 1.66. The lowest BCUT2D eigenvalue weighted by atomic mass is 10.2. The second-order valence-corrected chi connectivity index (χ2v) is 5.45. The molecular weight excluding hydrogens is 300 g/mol. The molecule has 0 saturated heterocycles. The van der Waals surface area contributed by atoms with Gasteiger partial charge in [0.25, 0.3) is 5.91 Å². The van der Waals surface area contributed by atoms with Gasteiger partial charge >= 0.3 is 0 Å². The molecule has 0 aliphatic heterocycles. The Labute approximate surface area is 131 Å². The first-order valence-electron chi connectivity index (χ1n) is 6.59. The predicted octanol–water partition coefficient (Wildman–Crippen LogP) is 3.32. The van der Waals surface area contributed by atoms with Crippen LogP contribution in [0.25, 0.3) is 10.6 Å². The Morgan fingerprint density at radius 1 is 1.14 bits per heavy atom. The molecular formula is C16H14N2O3S. The lowest BCUT2D eigenvalue weighted by Crippen LogP contribution is -2.12. The Morgan fingerprint density at radius 2 is 1.95 bits per heavy atom. The van der Waals surface area contributed by atoms with E-state index in [1.54, 1.807) is 42.8 Å². The topological polar surface area (TPSA) is 53.4 Å². The second-order valence-electron chi connectivity index (χ2n) is 4.50. The van der Waals surface area contributed by atoms with Crippen molar-refractivity contribution >= 4 is 17.2 Å². The van der Waals surface area contributed by atoms with Gasteiger partial charge in [0.1, 0.15) is 5.69 Å². The van der Waals surface area contributed by atoms with Crippen LogP contribution in [-0.4, -0.2) is 29.9 Å². The molecule has 2 heterocycles. The van der Waals surface area contributed by atoms with Crippen LogP contribution in [0.5, 0.6) is 11.5 Å². The van der Waals surface area contributed by atoms with Crippen molar-refractivity contribution in [1.82, 2.24) is 9.78 Å². The largest absolute Gasteiger partial charge is 0.493 e. The number of thiophene rings is 1. The lowest BCUT2D eigenvalue weighted by Gasteiger charge is -2.08. The van der Waals surface area contributed by atoms with Crippen molar-refractivity contribution in [2.24, 2.45) is 0 Å². The molecule has 6 heteroatoms. The maximum absolute atomic E-state index is 12.5. The van der Waals surface area contributed by atoms with Crippen LogP contribution in [0, 0.1) is 0 Å². The lowest BCUT2D eigenvalue weighted by molar-refractivity contribution is 0.0945. The van der Waals surface area contributed by atoms with E-state index in [0.717, 1.165) is 10.6 Å². The highest BCUT2D eigenvalue weighted by Gasteiger charge is 2.14. The van der Waals surface area contributed by atoms with Gasteiger partial charge in [-0.15, -0.1) is 11.3 Å².